The summed E-state index contributed by atoms with van der Waals surface area (Å²) >= 11 is 1.49. The normalized spacial score (nSPS) is 21.1. The number of ether oxygens (including phenoxy) is 1. The average molecular weight is 908 g/mol. The van der Waals surface area contributed by atoms with Crippen LogP contribution < -0.4 is 15.4 Å². The SMILES string of the molecule is CNc1cc(NC2CCN(C(=O)c3cccc(OCc4nc(C(C)(C)C)c(-c5ccc(C(=O)N6CC7(CC(N8CC9CCN(Cc%10ccccc%10)C9C8)C7)C6)cc5O)s4)c3)CC2)ccc1C. The van der Waals surface area contributed by atoms with E-state index in [-0.39, 0.29) is 35.0 Å². The van der Waals surface area contributed by atoms with E-state index in [0.29, 0.717) is 53.7 Å². The van der Waals surface area contributed by atoms with Gasteiger partial charge in [0.05, 0.1) is 10.6 Å². The largest absolute Gasteiger partial charge is 0.507 e. The molecule has 11 nitrogen and oxygen atoms in total. The van der Waals surface area contributed by atoms with Crippen LogP contribution in [0.15, 0.2) is 91.0 Å². The Balaban J connectivity index is 0.721. The molecule has 4 saturated heterocycles. The first-order valence-corrected chi connectivity index (χ1v) is 24.8. The highest BCUT2D eigenvalue weighted by Gasteiger charge is 2.57. The number of carbonyl (C=O) groups excluding carboxylic acids is 2. The van der Waals surface area contributed by atoms with Gasteiger partial charge in [-0.2, -0.15) is 0 Å². The van der Waals surface area contributed by atoms with Gasteiger partial charge in [0.15, 0.2) is 0 Å². The molecule has 2 amide bonds. The van der Waals surface area contributed by atoms with Crippen molar-refractivity contribution in [3.63, 3.8) is 0 Å². The fourth-order valence-electron chi connectivity index (χ4n) is 11.4. The van der Waals surface area contributed by atoms with Crippen LogP contribution in [0.2, 0.25) is 0 Å². The fraction of sp³-hybridized carbons (Fsp3) is 0.463. The first kappa shape index (κ1) is 44.4. The van der Waals surface area contributed by atoms with E-state index in [1.54, 1.807) is 6.07 Å². The zero-order chi connectivity index (χ0) is 45.7. The number of rotatable bonds is 12. The molecule has 5 heterocycles. The molecular weight excluding hydrogens is 843 g/mol. The van der Waals surface area contributed by atoms with Crippen LogP contribution in [-0.4, -0.2) is 112 Å². The van der Waals surface area contributed by atoms with Gasteiger partial charge in [0, 0.05) is 110 Å². The van der Waals surface area contributed by atoms with Gasteiger partial charge >= 0.3 is 0 Å². The van der Waals surface area contributed by atoms with E-state index in [2.05, 4.69) is 96.7 Å². The molecule has 0 bridgehead atoms. The zero-order valence-corrected chi connectivity index (χ0v) is 40.0. The number of amides is 2. The maximum atomic E-state index is 13.8. The van der Waals surface area contributed by atoms with Gasteiger partial charge in [-0.25, -0.2) is 4.98 Å². The first-order valence-electron chi connectivity index (χ1n) is 24.0. The van der Waals surface area contributed by atoms with Gasteiger partial charge in [-0.3, -0.25) is 19.4 Å². The molecule has 5 aromatic rings. The van der Waals surface area contributed by atoms with Crippen LogP contribution in [0.25, 0.3) is 10.4 Å². The summed E-state index contributed by atoms with van der Waals surface area (Å²) in [4.78, 5) is 42.6. The van der Waals surface area contributed by atoms with Gasteiger partial charge in [-0.05, 0) is 111 Å². The summed E-state index contributed by atoms with van der Waals surface area (Å²) in [5.41, 5.74) is 7.38. The van der Waals surface area contributed by atoms with Crippen molar-refractivity contribution in [1.29, 1.82) is 0 Å². The number of anilines is 2. The van der Waals surface area contributed by atoms with Crippen molar-refractivity contribution in [3.8, 4) is 21.9 Å². The van der Waals surface area contributed by atoms with E-state index >= 15 is 0 Å². The molecule has 4 aliphatic heterocycles. The number of likely N-dealkylation sites (tertiary alicyclic amines) is 4. The number of nitrogens with zero attached hydrogens (tertiary/aromatic N) is 5. The Morgan fingerprint density at radius 2 is 1.62 bits per heavy atom. The second-order valence-corrected chi connectivity index (χ2v) is 21.9. The molecule has 1 aromatic heterocycles. The lowest BCUT2D eigenvalue weighted by molar-refractivity contribution is -0.0903. The van der Waals surface area contributed by atoms with Gasteiger partial charge < -0.3 is 30.3 Å². The van der Waals surface area contributed by atoms with Crippen molar-refractivity contribution in [2.24, 2.45) is 11.3 Å². The molecule has 66 heavy (non-hydrogen) atoms. The quantitative estimate of drug-likeness (QED) is 0.113. The number of nitrogens with one attached hydrogen (secondary N) is 2. The molecule has 2 unspecified atom stereocenters. The average Bonchev–Trinajstić information content (AvgIpc) is 4.02. The van der Waals surface area contributed by atoms with Crippen LogP contribution in [0.5, 0.6) is 11.5 Å². The maximum absolute atomic E-state index is 13.8. The Hall–Kier alpha value is -5.43. The van der Waals surface area contributed by atoms with Crippen LogP contribution in [0.1, 0.15) is 95.4 Å². The maximum Gasteiger partial charge on any atom is 0.254 e. The minimum absolute atomic E-state index is 0.00647. The molecule has 5 aliphatic rings. The highest BCUT2D eigenvalue weighted by Crippen LogP contribution is 2.52. The second-order valence-electron chi connectivity index (χ2n) is 20.8. The summed E-state index contributed by atoms with van der Waals surface area (Å²) in [6.45, 7) is 16.2. The van der Waals surface area contributed by atoms with E-state index in [4.69, 9.17) is 9.72 Å². The van der Waals surface area contributed by atoms with E-state index in [0.717, 1.165) is 65.3 Å². The Morgan fingerprint density at radius 3 is 2.36 bits per heavy atom. The topological polar surface area (TPSA) is 114 Å². The Morgan fingerprint density at radius 1 is 0.864 bits per heavy atom. The van der Waals surface area contributed by atoms with E-state index in [1.165, 1.54) is 61.4 Å². The number of fused-ring (bicyclic) bond motifs is 1. The Bertz CT molecular complexity index is 2570. The molecule has 2 atom stereocenters. The minimum Gasteiger partial charge on any atom is -0.507 e. The number of piperidine rings is 1. The van der Waals surface area contributed by atoms with Crippen molar-refractivity contribution in [2.75, 3.05) is 63.5 Å². The van der Waals surface area contributed by atoms with Crippen LogP contribution in [0.3, 0.4) is 0 Å². The minimum atomic E-state index is -0.307. The summed E-state index contributed by atoms with van der Waals surface area (Å²) in [6, 6.07) is 31.6. The number of thiazole rings is 1. The molecule has 1 spiro atoms. The van der Waals surface area contributed by atoms with Crippen molar-refractivity contribution < 1.29 is 19.4 Å². The molecule has 12 heteroatoms. The summed E-state index contributed by atoms with van der Waals surface area (Å²) in [5.74, 6) is 1.44. The van der Waals surface area contributed by atoms with Crippen LogP contribution in [0, 0.1) is 18.3 Å². The molecular formula is C54H65N7O4S. The third-order valence-corrected chi connectivity index (χ3v) is 16.1. The predicted molar refractivity (Wildman–Crippen MR) is 264 cm³/mol. The Labute approximate surface area is 394 Å². The number of phenols is 1. The number of aromatic nitrogens is 1. The van der Waals surface area contributed by atoms with Gasteiger partial charge in [-0.15, -0.1) is 11.3 Å². The van der Waals surface area contributed by atoms with Crippen LogP contribution in [0.4, 0.5) is 11.4 Å². The van der Waals surface area contributed by atoms with Crippen molar-refractivity contribution in [1.82, 2.24) is 24.6 Å². The third kappa shape index (κ3) is 9.04. The van der Waals surface area contributed by atoms with Crippen molar-refractivity contribution >= 4 is 34.5 Å². The molecule has 4 aromatic carbocycles. The molecule has 1 aliphatic carbocycles. The van der Waals surface area contributed by atoms with Crippen molar-refractivity contribution in [3.05, 3.63) is 124 Å². The zero-order valence-electron chi connectivity index (χ0n) is 39.2. The molecule has 0 radical (unpaired) electrons. The molecule has 1 saturated carbocycles. The van der Waals surface area contributed by atoms with E-state index < -0.39 is 0 Å². The summed E-state index contributed by atoms with van der Waals surface area (Å²) < 4.78 is 6.28. The van der Waals surface area contributed by atoms with Gasteiger partial charge in [0.2, 0.25) is 0 Å². The monoisotopic (exact) mass is 907 g/mol. The molecule has 5 fully saturated rings. The standard InChI is InChI=1S/C54H65N7O4S/c1-35-14-16-41(26-45(35)55-5)56-40-19-22-58(23-20-40)51(63)37-12-9-13-43(24-37)65-32-48-57-50(53(2,3)4)49(66-48)44-17-15-38(25-47(44)62)52(64)61-33-54(34-61)27-42(28-54)60-30-39-18-21-59(46(39)31-60)29-36-10-7-6-8-11-36/h6-17,24-26,39-40,42,46,55-56,62H,18-23,27-34H2,1-5H3. The van der Waals surface area contributed by atoms with E-state index in [1.807, 2.05) is 53.2 Å². The third-order valence-electron chi connectivity index (χ3n) is 15.1. The lowest BCUT2D eigenvalue weighted by Crippen LogP contribution is -2.67. The number of carbonyl (C=O) groups is 2. The summed E-state index contributed by atoms with van der Waals surface area (Å²) in [6.07, 6.45) is 5.37. The Kier molecular flexibility index (Phi) is 12.1. The van der Waals surface area contributed by atoms with Crippen LogP contribution >= 0.6 is 11.3 Å². The van der Waals surface area contributed by atoms with Crippen LogP contribution in [-0.2, 0) is 18.6 Å². The molecule has 10 rings (SSSR count). The number of aryl methyl sites for hydroxylation is 1. The molecule has 3 N–H and O–H groups in total. The second kappa shape index (κ2) is 18.0. The van der Waals surface area contributed by atoms with Crippen molar-refractivity contribution in [2.45, 2.75) is 96.5 Å². The highest BCUT2D eigenvalue weighted by atomic mass is 32.1. The first-order chi connectivity index (χ1) is 31.8. The predicted octanol–water partition coefficient (Wildman–Crippen LogP) is 9.27. The number of phenolic OH excluding ortho intramolecular Hbond substituents is 1. The number of hydrogen-bond acceptors (Lipinski definition) is 10. The summed E-state index contributed by atoms with van der Waals surface area (Å²) in [7, 11) is 1.94. The number of hydrogen-bond donors (Lipinski definition) is 3. The van der Waals surface area contributed by atoms with Gasteiger partial charge in [0.1, 0.15) is 23.1 Å². The lowest BCUT2D eigenvalue weighted by atomic mass is 9.60. The van der Waals surface area contributed by atoms with Gasteiger partial charge in [0.25, 0.3) is 11.8 Å². The lowest BCUT2D eigenvalue weighted by Gasteiger charge is -2.60. The summed E-state index contributed by atoms with van der Waals surface area (Å²) in [5, 5.41) is 19.2. The molecule has 346 valence electrons. The number of benzene rings is 4. The highest BCUT2D eigenvalue weighted by molar-refractivity contribution is 7.15. The fourth-order valence-corrected chi connectivity index (χ4v) is 12.6. The van der Waals surface area contributed by atoms with Gasteiger partial charge in [-0.1, -0.05) is 63.2 Å². The van der Waals surface area contributed by atoms with E-state index in [9.17, 15) is 14.7 Å². The smallest absolute Gasteiger partial charge is 0.254 e. The number of aromatic hydroxyl groups is 1.